The van der Waals surface area contributed by atoms with Crippen molar-refractivity contribution < 1.29 is 8.42 Å². The average molecular weight is 351 g/mol. The molecule has 0 saturated carbocycles. The summed E-state index contributed by atoms with van der Waals surface area (Å²) in [5.41, 5.74) is 0. The van der Waals surface area contributed by atoms with E-state index in [9.17, 15) is 8.42 Å². The summed E-state index contributed by atoms with van der Waals surface area (Å²) in [5, 5.41) is 3.30. The van der Waals surface area contributed by atoms with Crippen molar-refractivity contribution in [2.24, 2.45) is 0 Å². The Bertz CT molecular complexity index is 526. The Balaban J connectivity index is 2.74. The monoisotopic (exact) mass is 350 g/mol. The van der Waals surface area contributed by atoms with Crippen LogP contribution < -0.4 is 10.0 Å². The van der Waals surface area contributed by atoms with Crippen molar-refractivity contribution in [1.29, 1.82) is 0 Å². The van der Waals surface area contributed by atoms with E-state index < -0.39 is 10.0 Å². The number of sulfonamides is 1. The second kappa shape index (κ2) is 9.15. The summed E-state index contributed by atoms with van der Waals surface area (Å²) >= 11 is 3.29. The summed E-state index contributed by atoms with van der Waals surface area (Å²) in [4.78, 5) is 2.34. The zero-order valence-electron chi connectivity index (χ0n) is 13.2. The molecule has 0 fully saturated rings. The first-order chi connectivity index (χ1) is 9.90. The third-order valence-corrected chi connectivity index (χ3v) is 6.91. The lowest BCUT2D eigenvalue weighted by atomic mass is 10.4. The highest BCUT2D eigenvalue weighted by atomic mass is 32.2. The average Bonchev–Trinajstić information content (AvgIpc) is 2.78. The largest absolute Gasteiger partial charge is 0.312 e. The molecule has 122 valence electrons. The highest BCUT2D eigenvalue weighted by molar-refractivity contribution is 7.99. The normalized spacial score (nSPS) is 13.5. The molecule has 0 spiro atoms. The fourth-order valence-corrected chi connectivity index (χ4v) is 5.55. The summed E-state index contributed by atoms with van der Waals surface area (Å²) < 4.78 is 27.6. The Labute approximate surface area is 137 Å². The molecule has 1 aromatic heterocycles. The summed E-state index contributed by atoms with van der Waals surface area (Å²) in [6, 6.07) is 1.74. The van der Waals surface area contributed by atoms with Crippen LogP contribution in [0.5, 0.6) is 0 Å². The van der Waals surface area contributed by atoms with Gasteiger partial charge in [0, 0.05) is 28.1 Å². The van der Waals surface area contributed by atoms with Crippen molar-refractivity contribution in [3.63, 3.8) is 0 Å². The molecule has 0 aromatic carbocycles. The topological polar surface area (TPSA) is 58.2 Å². The van der Waals surface area contributed by atoms with Gasteiger partial charge in [-0.05, 0) is 38.6 Å². The third-order valence-electron chi connectivity index (χ3n) is 2.87. The molecule has 0 radical (unpaired) electrons. The van der Waals surface area contributed by atoms with Crippen molar-refractivity contribution in [1.82, 2.24) is 10.0 Å². The van der Waals surface area contributed by atoms with Crippen molar-refractivity contribution in [2.45, 2.75) is 51.6 Å². The zero-order chi connectivity index (χ0) is 15.9. The summed E-state index contributed by atoms with van der Waals surface area (Å²) in [5.74, 6) is 1.79. The van der Waals surface area contributed by atoms with Crippen LogP contribution in [0.25, 0.3) is 0 Å². The standard InChI is InChI=1S/C14H26N2O2S3/c1-5-7-15-9-13-8-14(12(4)20-13)21(17,18)16-11(3)10-19-6-2/h8,11,15-16H,5-7,9-10H2,1-4H3. The predicted octanol–water partition coefficient (Wildman–Crippen LogP) is 2.98. The van der Waals surface area contributed by atoms with Crippen LogP contribution in [-0.2, 0) is 16.6 Å². The molecule has 2 N–H and O–H groups in total. The summed E-state index contributed by atoms with van der Waals surface area (Å²) in [6.45, 7) is 9.64. The molecule has 0 aliphatic rings. The van der Waals surface area contributed by atoms with E-state index in [1.54, 1.807) is 29.2 Å². The van der Waals surface area contributed by atoms with Gasteiger partial charge < -0.3 is 5.32 Å². The minimum absolute atomic E-state index is 0.0547. The van der Waals surface area contributed by atoms with Crippen LogP contribution in [-0.4, -0.2) is 32.5 Å². The van der Waals surface area contributed by atoms with E-state index in [-0.39, 0.29) is 6.04 Å². The van der Waals surface area contributed by atoms with Crippen molar-refractivity contribution >= 4 is 33.1 Å². The molecule has 21 heavy (non-hydrogen) atoms. The molecule has 1 aromatic rings. The van der Waals surface area contributed by atoms with Crippen LogP contribution in [0.3, 0.4) is 0 Å². The lowest BCUT2D eigenvalue weighted by Gasteiger charge is -2.13. The number of aryl methyl sites for hydroxylation is 1. The quantitative estimate of drug-likeness (QED) is 0.637. The van der Waals surface area contributed by atoms with Crippen LogP contribution in [0, 0.1) is 6.92 Å². The van der Waals surface area contributed by atoms with Gasteiger partial charge >= 0.3 is 0 Å². The van der Waals surface area contributed by atoms with E-state index in [1.807, 2.05) is 13.8 Å². The molecule has 0 bridgehead atoms. The Kier molecular flexibility index (Phi) is 8.26. The first-order valence-electron chi connectivity index (χ1n) is 7.30. The molecular formula is C14H26N2O2S3. The SMILES string of the molecule is CCCNCc1cc(S(=O)(=O)NC(C)CSCC)c(C)s1. The zero-order valence-corrected chi connectivity index (χ0v) is 15.7. The van der Waals surface area contributed by atoms with Gasteiger partial charge in [-0.3, -0.25) is 0 Å². The number of nitrogens with one attached hydrogen (secondary N) is 2. The van der Waals surface area contributed by atoms with Gasteiger partial charge in [0.1, 0.15) is 0 Å². The number of thioether (sulfide) groups is 1. The molecule has 1 heterocycles. The Morgan fingerprint density at radius 2 is 2.10 bits per heavy atom. The van der Waals surface area contributed by atoms with Gasteiger partial charge in [-0.15, -0.1) is 11.3 Å². The second-order valence-electron chi connectivity index (χ2n) is 4.99. The van der Waals surface area contributed by atoms with Crippen molar-refractivity contribution in [3.8, 4) is 0 Å². The first-order valence-corrected chi connectivity index (χ1v) is 10.8. The van der Waals surface area contributed by atoms with Gasteiger partial charge in [-0.25, -0.2) is 13.1 Å². The van der Waals surface area contributed by atoms with Crippen LogP contribution in [0.4, 0.5) is 0 Å². The van der Waals surface area contributed by atoms with E-state index in [2.05, 4.69) is 23.9 Å². The molecule has 7 heteroatoms. The number of thiophene rings is 1. The minimum Gasteiger partial charge on any atom is -0.312 e. The fourth-order valence-electron chi connectivity index (χ4n) is 1.92. The van der Waals surface area contributed by atoms with E-state index in [4.69, 9.17) is 0 Å². The molecule has 1 rings (SSSR count). The highest BCUT2D eigenvalue weighted by Gasteiger charge is 2.21. The van der Waals surface area contributed by atoms with Crippen LogP contribution in [0.2, 0.25) is 0 Å². The molecule has 0 amide bonds. The van der Waals surface area contributed by atoms with E-state index in [0.717, 1.165) is 40.8 Å². The van der Waals surface area contributed by atoms with Crippen molar-refractivity contribution in [3.05, 3.63) is 15.8 Å². The van der Waals surface area contributed by atoms with E-state index in [0.29, 0.717) is 4.90 Å². The van der Waals surface area contributed by atoms with Gasteiger partial charge in [-0.1, -0.05) is 13.8 Å². The second-order valence-corrected chi connectivity index (χ2v) is 9.33. The fraction of sp³-hybridized carbons (Fsp3) is 0.714. The molecule has 4 nitrogen and oxygen atoms in total. The molecule has 0 saturated heterocycles. The van der Waals surface area contributed by atoms with Crippen LogP contribution in [0.15, 0.2) is 11.0 Å². The Morgan fingerprint density at radius 3 is 2.71 bits per heavy atom. The molecule has 1 atom stereocenters. The number of hydrogen-bond donors (Lipinski definition) is 2. The maximum atomic E-state index is 12.4. The van der Waals surface area contributed by atoms with Gasteiger partial charge in [0.15, 0.2) is 0 Å². The summed E-state index contributed by atoms with van der Waals surface area (Å²) in [7, 11) is -3.41. The summed E-state index contributed by atoms with van der Waals surface area (Å²) in [6.07, 6.45) is 1.07. The lowest BCUT2D eigenvalue weighted by Crippen LogP contribution is -2.34. The Morgan fingerprint density at radius 1 is 1.38 bits per heavy atom. The minimum atomic E-state index is -3.41. The number of rotatable bonds is 10. The van der Waals surface area contributed by atoms with Crippen LogP contribution in [0.1, 0.15) is 36.9 Å². The van der Waals surface area contributed by atoms with Crippen molar-refractivity contribution in [2.75, 3.05) is 18.1 Å². The lowest BCUT2D eigenvalue weighted by molar-refractivity contribution is 0.571. The van der Waals surface area contributed by atoms with Gasteiger partial charge in [0.25, 0.3) is 0 Å². The van der Waals surface area contributed by atoms with E-state index in [1.165, 1.54) is 0 Å². The molecular weight excluding hydrogens is 324 g/mol. The van der Waals surface area contributed by atoms with Gasteiger partial charge in [0.05, 0.1) is 4.90 Å². The van der Waals surface area contributed by atoms with Gasteiger partial charge in [0.2, 0.25) is 10.0 Å². The number of hydrogen-bond acceptors (Lipinski definition) is 5. The van der Waals surface area contributed by atoms with E-state index >= 15 is 0 Å². The van der Waals surface area contributed by atoms with Crippen LogP contribution >= 0.6 is 23.1 Å². The highest BCUT2D eigenvalue weighted by Crippen LogP contribution is 2.26. The first kappa shape index (κ1) is 19.0. The molecule has 1 unspecified atom stereocenters. The maximum absolute atomic E-state index is 12.4. The molecule has 0 aliphatic heterocycles. The maximum Gasteiger partial charge on any atom is 0.241 e. The third kappa shape index (κ3) is 6.28. The van der Waals surface area contributed by atoms with Gasteiger partial charge in [-0.2, -0.15) is 11.8 Å². The smallest absolute Gasteiger partial charge is 0.241 e. The Hall–Kier alpha value is -0.0800. The molecule has 0 aliphatic carbocycles. The predicted molar refractivity (Wildman–Crippen MR) is 93.8 cm³/mol.